The molecule has 0 aromatic carbocycles. The summed E-state index contributed by atoms with van der Waals surface area (Å²) in [6, 6.07) is -0.595. The number of ether oxygens (including phenoxy) is 1. The van der Waals surface area contributed by atoms with E-state index in [1.807, 2.05) is 0 Å². The third-order valence-electron chi connectivity index (χ3n) is 2.27. The van der Waals surface area contributed by atoms with Crippen LogP contribution in [0.2, 0.25) is 0 Å². The van der Waals surface area contributed by atoms with E-state index in [9.17, 15) is 9.59 Å². The average Bonchev–Trinajstić information content (AvgIpc) is 2.50. The summed E-state index contributed by atoms with van der Waals surface area (Å²) in [6.45, 7) is 5.73. The summed E-state index contributed by atoms with van der Waals surface area (Å²) in [7, 11) is 0. The van der Waals surface area contributed by atoms with Crippen LogP contribution in [0, 0.1) is 5.41 Å². The molecule has 0 aromatic rings. The Hall–Kier alpha value is -1.10. The largest absolute Gasteiger partial charge is 0.480 e. The smallest absolute Gasteiger partial charge is 0.320 e. The summed E-state index contributed by atoms with van der Waals surface area (Å²) >= 11 is 0. The van der Waals surface area contributed by atoms with E-state index in [0.717, 1.165) is 0 Å². The highest BCUT2D eigenvalue weighted by molar-refractivity contribution is 5.76. The molecule has 5 nitrogen and oxygen atoms in total. The maximum absolute atomic E-state index is 11.5. The Kier molecular flexibility index (Phi) is 3.34. The van der Waals surface area contributed by atoms with Gasteiger partial charge in [-0.15, -0.1) is 0 Å². The van der Waals surface area contributed by atoms with Gasteiger partial charge in [-0.05, 0) is 20.8 Å². The number of carbonyl (C=O) groups excluding carboxylic acids is 1. The Morgan fingerprint density at radius 2 is 2.00 bits per heavy atom. The van der Waals surface area contributed by atoms with Crippen molar-refractivity contribution in [2.24, 2.45) is 5.41 Å². The van der Waals surface area contributed by atoms with Gasteiger partial charge in [0.05, 0.1) is 5.41 Å². The molecule has 2 N–H and O–H groups in total. The molecule has 1 fully saturated rings. The van der Waals surface area contributed by atoms with Gasteiger partial charge in [0, 0.05) is 13.0 Å². The van der Waals surface area contributed by atoms with Gasteiger partial charge in [0.25, 0.3) is 0 Å². The molecule has 0 aliphatic carbocycles. The number of carboxylic acid groups (broad SMARTS) is 1. The van der Waals surface area contributed by atoms with Crippen molar-refractivity contribution in [3.05, 3.63) is 0 Å². The fourth-order valence-corrected chi connectivity index (χ4v) is 1.31. The molecule has 1 heterocycles. The van der Waals surface area contributed by atoms with Crippen LogP contribution in [0.3, 0.4) is 0 Å². The van der Waals surface area contributed by atoms with Gasteiger partial charge in [-0.3, -0.25) is 9.59 Å². The van der Waals surface area contributed by atoms with Crippen LogP contribution in [0.15, 0.2) is 0 Å². The zero-order chi connectivity index (χ0) is 11.6. The molecule has 1 aliphatic rings. The number of aliphatic carboxylic acids is 1. The van der Waals surface area contributed by atoms with E-state index in [2.05, 4.69) is 5.32 Å². The molecule has 0 bridgehead atoms. The van der Waals surface area contributed by atoms with Crippen LogP contribution < -0.4 is 5.32 Å². The van der Waals surface area contributed by atoms with E-state index in [0.29, 0.717) is 13.0 Å². The van der Waals surface area contributed by atoms with Crippen molar-refractivity contribution in [2.75, 3.05) is 6.54 Å². The molecule has 0 saturated carbocycles. The van der Waals surface area contributed by atoms with Crippen LogP contribution in [0.5, 0.6) is 0 Å². The van der Waals surface area contributed by atoms with Crippen LogP contribution in [0.4, 0.5) is 0 Å². The Morgan fingerprint density at radius 3 is 2.40 bits per heavy atom. The van der Waals surface area contributed by atoms with Crippen molar-refractivity contribution in [1.29, 1.82) is 0 Å². The molecular formula is C10H17NO4. The predicted octanol–water partition coefficient (Wildman–Crippen LogP) is 0.391. The summed E-state index contributed by atoms with van der Waals surface area (Å²) in [5.74, 6) is -1.19. The first-order valence-electron chi connectivity index (χ1n) is 4.98. The van der Waals surface area contributed by atoms with Gasteiger partial charge >= 0.3 is 11.9 Å². The fraction of sp³-hybridized carbons (Fsp3) is 0.800. The highest BCUT2D eigenvalue weighted by Gasteiger charge is 2.34. The number of hydrogen-bond donors (Lipinski definition) is 2. The van der Waals surface area contributed by atoms with E-state index in [4.69, 9.17) is 9.84 Å². The van der Waals surface area contributed by atoms with Crippen LogP contribution >= 0.6 is 0 Å². The quantitative estimate of drug-likeness (QED) is 0.652. The highest BCUT2D eigenvalue weighted by Crippen LogP contribution is 2.19. The lowest BCUT2D eigenvalue weighted by Crippen LogP contribution is -2.30. The minimum absolute atomic E-state index is 0.291. The molecule has 0 spiro atoms. The monoisotopic (exact) mass is 215 g/mol. The Labute approximate surface area is 88.8 Å². The number of hydrogen-bond acceptors (Lipinski definition) is 4. The third-order valence-corrected chi connectivity index (χ3v) is 2.27. The molecule has 2 atom stereocenters. The second-order valence-corrected chi connectivity index (χ2v) is 4.81. The van der Waals surface area contributed by atoms with Gasteiger partial charge < -0.3 is 15.2 Å². The summed E-state index contributed by atoms with van der Waals surface area (Å²) in [4.78, 5) is 22.1. The molecule has 1 saturated heterocycles. The van der Waals surface area contributed by atoms with E-state index >= 15 is 0 Å². The number of carbonyl (C=O) groups is 2. The van der Waals surface area contributed by atoms with Crippen molar-refractivity contribution >= 4 is 11.9 Å². The van der Waals surface area contributed by atoms with E-state index < -0.39 is 17.4 Å². The number of carboxylic acids is 1. The zero-order valence-electron chi connectivity index (χ0n) is 9.24. The first kappa shape index (κ1) is 12.0. The average molecular weight is 215 g/mol. The predicted molar refractivity (Wildman–Crippen MR) is 53.4 cm³/mol. The van der Waals surface area contributed by atoms with E-state index in [1.54, 1.807) is 20.8 Å². The normalized spacial score (nSPS) is 26.3. The van der Waals surface area contributed by atoms with Crippen molar-refractivity contribution < 1.29 is 19.4 Å². The lowest BCUT2D eigenvalue weighted by molar-refractivity contribution is -0.158. The van der Waals surface area contributed by atoms with Crippen LogP contribution in [-0.2, 0) is 14.3 Å². The van der Waals surface area contributed by atoms with Crippen LogP contribution in [0.25, 0.3) is 0 Å². The number of nitrogens with one attached hydrogen (secondary N) is 1. The lowest BCUT2D eigenvalue weighted by atomic mass is 9.97. The molecular weight excluding hydrogens is 198 g/mol. The number of rotatable bonds is 2. The van der Waals surface area contributed by atoms with Crippen molar-refractivity contribution in [1.82, 2.24) is 5.32 Å². The molecule has 0 amide bonds. The maximum atomic E-state index is 11.5. The van der Waals surface area contributed by atoms with Gasteiger partial charge in [0.15, 0.2) is 0 Å². The second-order valence-electron chi connectivity index (χ2n) is 4.81. The van der Waals surface area contributed by atoms with E-state index in [1.165, 1.54) is 0 Å². The standard InChI is InChI=1S/C10H17NO4/c1-10(2,3)9(14)15-6-4-7(8(12)13)11-5-6/h6-7,11H,4-5H2,1-3H3,(H,12,13)/t6-,7+/m1/s1. The van der Waals surface area contributed by atoms with Crippen molar-refractivity contribution in [3.63, 3.8) is 0 Å². The van der Waals surface area contributed by atoms with Crippen LogP contribution in [0.1, 0.15) is 27.2 Å². The maximum Gasteiger partial charge on any atom is 0.320 e. The summed E-state index contributed by atoms with van der Waals surface area (Å²) in [6.07, 6.45) is 0.0229. The first-order chi connectivity index (χ1) is 6.80. The molecule has 0 unspecified atom stereocenters. The summed E-state index contributed by atoms with van der Waals surface area (Å²) < 4.78 is 5.19. The first-order valence-corrected chi connectivity index (χ1v) is 4.98. The van der Waals surface area contributed by atoms with E-state index in [-0.39, 0.29) is 12.1 Å². The Morgan fingerprint density at radius 1 is 1.40 bits per heavy atom. The molecule has 15 heavy (non-hydrogen) atoms. The summed E-state index contributed by atoms with van der Waals surface area (Å²) in [5, 5.41) is 11.5. The molecule has 1 rings (SSSR count). The second kappa shape index (κ2) is 4.18. The highest BCUT2D eigenvalue weighted by atomic mass is 16.5. The lowest BCUT2D eigenvalue weighted by Gasteiger charge is -2.19. The Balaban J connectivity index is 2.43. The van der Waals surface area contributed by atoms with Gasteiger partial charge in [-0.25, -0.2) is 0 Å². The topological polar surface area (TPSA) is 75.6 Å². The van der Waals surface area contributed by atoms with Crippen LogP contribution in [-0.4, -0.2) is 35.7 Å². The molecule has 5 heteroatoms. The minimum Gasteiger partial charge on any atom is -0.480 e. The van der Waals surface area contributed by atoms with Gasteiger partial charge in [0.2, 0.25) is 0 Å². The van der Waals surface area contributed by atoms with Gasteiger partial charge in [0.1, 0.15) is 12.1 Å². The fourth-order valence-electron chi connectivity index (χ4n) is 1.31. The van der Waals surface area contributed by atoms with Crippen molar-refractivity contribution in [3.8, 4) is 0 Å². The zero-order valence-corrected chi connectivity index (χ0v) is 9.24. The van der Waals surface area contributed by atoms with Crippen molar-refractivity contribution in [2.45, 2.75) is 39.3 Å². The summed E-state index contributed by atoms with van der Waals surface area (Å²) in [5.41, 5.74) is -0.540. The number of esters is 1. The van der Waals surface area contributed by atoms with Gasteiger partial charge in [-0.1, -0.05) is 0 Å². The Bertz CT molecular complexity index is 269. The minimum atomic E-state index is -0.899. The molecule has 0 aromatic heterocycles. The third kappa shape index (κ3) is 3.20. The SMILES string of the molecule is CC(C)(C)C(=O)O[C@H]1CN[C@H](C(=O)O)C1. The molecule has 1 aliphatic heterocycles. The molecule has 86 valence electrons. The van der Waals surface area contributed by atoms with Gasteiger partial charge in [-0.2, -0.15) is 0 Å². The molecule has 0 radical (unpaired) electrons.